The molecule has 0 saturated carbocycles. The molecule has 0 radical (unpaired) electrons. The number of hydrogen-bond acceptors (Lipinski definition) is 5. The summed E-state index contributed by atoms with van der Waals surface area (Å²) in [7, 11) is 0. The molecular weight excluding hydrogens is 272 g/mol. The Balaban J connectivity index is 2.17. The van der Waals surface area contributed by atoms with E-state index in [1.54, 1.807) is 25.1 Å². The van der Waals surface area contributed by atoms with Crippen LogP contribution in [0.2, 0.25) is 0 Å². The first-order valence-corrected chi connectivity index (χ1v) is 6.39. The Morgan fingerprint density at radius 1 is 1.33 bits per heavy atom. The molecule has 0 fully saturated rings. The molecule has 21 heavy (non-hydrogen) atoms. The third kappa shape index (κ3) is 3.56. The molecule has 1 heterocycles. The summed E-state index contributed by atoms with van der Waals surface area (Å²) in [6, 6.07) is 5.25. The largest absolute Gasteiger partial charge is 0.366 e. The number of nitrogens with two attached hydrogens (primary N) is 1. The van der Waals surface area contributed by atoms with Crippen LogP contribution in [0.3, 0.4) is 0 Å². The van der Waals surface area contributed by atoms with Crippen molar-refractivity contribution in [3.8, 4) is 0 Å². The van der Waals surface area contributed by atoms with Crippen LogP contribution in [0.4, 0.5) is 17.3 Å². The van der Waals surface area contributed by atoms with Crippen LogP contribution < -0.4 is 16.4 Å². The van der Waals surface area contributed by atoms with E-state index in [2.05, 4.69) is 25.8 Å². The lowest BCUT2D eigenvalue weighted by Crippen LogP contribution is -2.15. The van der Waals surface area contributed by atoms with Crippen LogP contribution in [0.25, 0.3) is 0 Å². The SMILES string of the molecule is CCC(=O)Nc1ccc(C)c(NC(=O)c2nc(N)n[nH]2)c1. The number of nitrogens with zero attached hydrogens (tertiary/aromatic N) is 2. The van der Waals surface area contributed by atoms with E-state index in [-0.39, 0.29) is 17.7 Å². The Labute approximate surface area is 121 Å². The van der Waals surface area contributed by atoms with Crippen molar-refractivity contribution in [1.82, 2.24) is 15.2 Å². The van der Waals surface area contributed by atoms with Crippen LogP contribution in [0.15, 0.2) is 18.2 Å². The van der Waals surface area contributed by atoms with Crippen LogP contribution in [-0.4, -0.2) is 27.0 Å². The number of hydrogen-bond donors (Lipinski definition) is 4. The minimum absolute atomic E-state index is 0.000770. The summed E-state index contributed by atoms with van der Waals surface area (Å²) < 4.78 is 0. The molecule has 5 N–H and O–H groups in total. The molecule has 0 atom stereocenters. The van der Waals surface area contributed by atoms with Gasteiger partial charge >= 0.3 is 0 Å². The smallest absolute Gasteiger partial charge is 0.293 e. The first kappa shape index (κ1) is 14.5. The first-order chi connectivity index (χ1) is 9.99. The van der Waals surface area contributed by atoms with Gasteiger partial charge in [-0.15, -0.1) is 5.10 Å². The van der Waals surface area contributed by atoms with Crippen LogP contribution in [-0.2, 0) is 4.79 Å². The molecule has 0 spiro atoms. The number of aromatic nitrogens is 3. The van der Waals surface area contributed by atoms with Gasteiger partial charge in [0.25, 0.3) is 5.91 Å². The van der Waals surface area contributed by atoms with Gasteiger partial charge in [0.05, 0.1) is 0 Å². The van der Waals surface area contributed by atoms with Gasteiger partial charge in [0.15, 0.2) is 0 Å². The van der Waals surface area contributed by atoms with Gasteiger partial charge in [-0.3, -0.25) is 14.7 Å². The van der Waals surface area contributed by atoms with E-state index in [1.165, 1.54) is 0 Å². The summed E-state index contributed by atoms with van der Waals surface area (Å²) in [6.07, 6.45) is 0.382. The molecule has 110 valence electrons. The standard InChI is InChI=1S/C13H16N6O2/c1-3-10(20)15-8-5-4-7(2)9(6-8)16-12(21)11-17-13(14)19-18-11/h4-6H,3H2,1-2H3,(H,15,20)(H,16,21)(H3,14,17,18,19). The van der Waals surface area contributed by atoms with Gasteiger partial charge < -0.3 is 16.4 Å². The van der Waals surface area contributed by atoms with Gasteiger partial charge in [-0.1, -0.05) is 13.0 Å². The number of amides is 2. The Morgan fingerprint density at radius 3 is 2.71 bits per heavy atom. The van der Waals surface area contributed by atoms with Crippen molar-refractivity contribution in [2.45, 2.75) is 20.3 Å². The van der Waals surface area contributed by atoms with E-state index >= 15 is 0 Å². The van der Waals surface area contributed by atoms with Gasteiger partial charge in [-0.25, -0.2) is 0 Å². The zero-order chi connectivity index (χ0) is 15.4. The molecule has 2 amide bonds. The zero-order valence-corrected chi connectivity index (χ0v) is 11.7. The maximum Gasteiger partial charge on any atom is 0.293 e. The summed E-state index contributed by atoms with van der Waals surface area (Å²) in [5, 5.41) is 11.4. The van der Waals surface area contributed by atoms with Crippen molar-refractivity contribution in [3.05, 3.63) is 29.6 Å². The van der Waals surface area contributed by atoms with Crippen molar-refractivity contribution in [2.24, 2.45) is 0 Å². The van der Waals surface area contributed by atoms with E-state index in [0.717, 1.165) is 5.56 Å². The number of aromatic amines is 1. The molecule has 8 heteroatoms. The maximum atomic E-state index is 12.0. The molecule has 0 bridgehead atoms. The summed E-state index contributed by atoms with van der Waals surface area (Å²) in [5.74, 6) is -0.531. The minimum Gasteiger partial charge on any atom is -0.366 e. The second kappa shape index (κ2) is 6.04. The predicted octanol–water partition coefficient (Wildman–Crippen LogP) is 1.30. The highest BCUT2D eigenvalue weighted by atomic mass is 16.2. The van der Waals surface area contributed by atoms with Crippen molar-refractivity contribution in [1.29, 1.82) is 0 Å². The molecule has 0 unspecified atom stereocenters. The van der Waals surface area contributed by atoms with Gasteiger partial charge in [-0.2, -0.15) is 4.98 Å². The number of anilines is 3. The molecule has 0 aliphatic heterocycles. The summed E-state index contributed by atoms with van der Waals surface area (Å²) in [4.78, 5) is 27.1. The highest BCUT2D eigenvalue weighted by Gasteiger charge is 2.12. The van der Waals surface area contributed by atoms with Gasteiger partial charge in [0.1, 0.15) is 0 Å². The van der Waals surface area contributed by atoms with E-state index in [1.807, 2.05) is 6.92 Å². The van der Waals surface area contributed by atoms with Crippen LogP contribution in [0.5, 0.6) is 0 Å². The molecule has 2 aromatic rings. The van der Waals surface area contributed by atoms with Gasteiger partial charge in [0.2, 0.25) is 17.7 Å². The highest BCUT2D eigenvalue weighted by molar-refractivity contribution is 6.02. The van der Waals surface area contributed by atoms with Crippen LogP contribution in [0, 0.1) is 6.92 Å². The molecular formula is C13H16N6O2. The first-order valence-electron chi connectivity index (χ1n) is 6.39. The van der Waals surface area contributed by atoms with Crippen LogP contribution in [0.1, 0.15) is 29.5 Å². The lowest BCUT2D eigenvalue weighted by atomic mass is 10.1. The second-order valence-electron chi connectivity index (χ2n) is 4.43. The Morgan fingerprint density at radius 2 is 2.10 bits per heavy atom. The monoisotopic (exact) mass is 288 g/mol. The average Bonchev–Trinajstić information content (AvgIpc) is 2.89. The Bertz CT molecular complexity index is 679. The number of aryl methyl sites for hydroxylation is 1. The number of nitrogen functional groups attached to an aromatic ring is 1. The Kier molecular flexibility index (Phi) is 4.17. The third-order valence-electron chi connectivity index (χ3n) is 2.81. The van der Waals surface area contributed by atoms with E-state index in [9.17, 15) is 9.59 Å². The number of carbonyl (C=O) groups is 2. The number of carbonyl (C=O) groups excluding carboxylic acids is 2. The quantitative estimate of drug-likeness (QED) is 0.674. The summed E-state index contributed by atoms with van der Waals surface area (Å²) in [6.45, 7) is 3.61. The van der Waals surface area contributed by atoms with E-state index in [0.29, 0.717) is 17.8 Å². The molecule has 2 rings (SSSR count). The van der Waals surface area contributed by atoms with Crippen molar-refractivity contribution < 1.29 is 9.59 Å². The van der Waals surface area contributed by atoms with Crippen molar-refractivity contribution in [3.63, 3.8) is 0 Å². The predicted molar refractivity (Wildman–Crippen MR) is 78.8 cm³/mol. The number of H-pyrrole nitrogens is 1. The molecule has 0 aliphatic rings. The van der Waals surface area contributed by atoms with Gasteiger partial charge in [0, 0.05) is 17.8 Å². The molecule has 8 nitrogen and oxygen atoms in total. The minimum atomic E-state index is -0.457. The highest BCUT2D eigenvalue weighted by Crippen LogP contribution is 2.21. The number of rotatable bonds is 4. The molecule has 1 aromatic heterocycles. The number of nitrogens with one attached hydrogen (secondary N) is 3. The lowest BCUT2D eigenvalue weighted by Gasteiger charge is -2.10. The van der Waals surface area contributed by atoms with E-state index < -0.39 is 5.91 Å². The molecule has 0 saturated heterocycles. The fraction of sp³-hybridized carbons (Fsp3) is 0.231. The zero-order valence-electron chi connectivity index (χ0n) is 11.7. The fourth-order valence-electron chi connectivity index (χ4n) is 1.64. The maximum absolute atomic E-state index is 12.0. The summed E-state index contributed by atoms with van der Waals surface area (Å²) in [5.41, 5.74) is 7.39. The normalized spacial score (nSPS) is 10.2. The Hall–Kier alpha value is -2.90. The van der Waals surface area contributed by atoms with Crippen LogP contribution >= 0.6 is 0 Å². The topological polar surface area (TPSA) is 126 Å². The molecule has 0 aliphatic carbocycles. The molecule has 1 aromatic carbocycles. The van der Waals surface area contributed by atoms with Crippen molar-refractivity contribution >= 4 is 29.1 Å². The fourth-order valence-corrected chi connectivity index (χ4v) is 1.64. The third-order valence-corrected chi connectivity index (χ3v) is 2.81. The average molecular weight is 288 g/mol. The van der Waals surface area contributed by atoms with Gasteiger partial charge in [-0.05, 0) is 24.6 Å². The number of benzene rings is 1. The second-order valence-corrected chi connectivity index (χ2v) is 4.43. The van der Waals surface area contributed by atoms with E-state index in [4.69, 9.17) is 5.73 Å². The summed E-state index contributed by atoms with van der Waals surface area (Å²) >= 11 is 0. The van der Waals surface area contributed by atoms with Crippen molar-refractivity contribution in [2.75, 3.05) is 16.4 Å². The lowest BCUT2D eigenvalue weighted by molar-refractivity contribution is -0.115.